The van der Waals surface area contributed by atoms with Crippen molar-refractivity contribution >= 4 is 33.6 Å². The summed E-state index contributed by atoms with van der Waals surface area (Å²) in [5, 5.41) is 0. The number of carbonyl (C=O) groups excluding carboxylic acids is 1. The van der Waals surface area contributed by atoms with Gasteiger partial charge in [-0.2, -0.15) is 0 Å². The number of rotatable bonds is 0. The van der Waals surface area contributed by atoms with Gasteiger partial charge >= 0.3 is 6.09 Å². The lowest BCUT2D eigenvalue weighted by Crippen LogP contribution is -2.53. The van der Waals surface area contributed by atoms with E-state index in [4.69, 9.17) is 4.74 Å². The maximum Gasteiger partial charge on any atom is 0.410 e. The van der Waals surface area contributed by atoms with Crippen molar-refractivity contribution in [2.45, 2.75) is 39.2 Å². The van der Waals surface area contributed by atoms with Gasteiger partial charge in [-0.15, -0.1) is 0 Å². The topological polar surface area (TPSA) is 57.5 Å². The minimum atomic E-state index is -0.466. The number of amidine groups is 1. The van der Waals surface area contributed by atoms with Crippen LogP contribution >= 0.6 is 15.9 Å². The molecule has 7 heteroatoms. The van der Waals surface area contributed by atoms with Crippen molar-refractivity contribution in [1.29, 1.82) is 0 Å². The van der Waals surface area contributed by atoms with Crippen molar-refractivity contribution in [3.8, 4) is 0 Å². The number of carbonyl (C=O) groups is 1. The molecule has 0 aromatic rings. The molecule has 3 aliphatic rings. The average Bonchev–Trinajstić information content (AvgIpc) is 2.98. The van der Waals surface area contributed by atoms with Crippen molar-refractivity contribution < 1.29 is 9.53 Å². The second-order valence-electron chi connectivity index (χ2n) is 7.48. The van der Waals surface area contributed by atoms with Crippen LogP contribution in [-0.2, 0) is 4.74 Å². The first-order chi connectivity index (χ1) is 11.8. The molecule has 1 amide bonds. The minimum Gasteiger partial charge on any atom is -0.444 e. The van der Waals surface area contributed by atoms with Crippen LogP contribution in [0.15, 0.2) is 32.9 Å². The maximum atomic E-state index is 12.2. The van der Waals surface area contributed by atoms with Crippen LogP contribution in [0.5, 0.6) is 0 Å². The number of amides is 1. The van der Waals surface area contributed by atoms with E-state index in [1.54, 1.807) is 4.90 Å². The van der Waals surface area contributed by atoms with Gasteiger partial charge in [0.1, 0.15) is 5.60 Å². The molecule has 3 heterocycles. The molecule has 0 saturated carbocycles. The van der Waals surface area contributed by atoms with Gasteiger partial charge in [-0.05, 0) is 33.6 Å². The Morgan fingerprint density at radius 1 is 1.24 bits per heavy atom. The van der Waals surface area contributed by atoms with Crippen LogP contribution in [-0.4, -0.2) is 59.2 Å². The Balaban J connectivity index is 1.68. The fourth-order valence-corrected chi connectivity index (χ4v) is 3.43. The first-order valence-electron chi connectivity index (χ1n) is 8.73. The molecule has 0 aromatic heterocycles. The van der Waals surface area contributed by atoms with E-state index in [2.05, 4.69) is 36.9 Å². The molecule has 6 nitrogen and oxygen atoms in total. The van der Waals surface area contributed by atoms with E-state index in [0.29, 0.717) is 19.0 Å². The van der Waals surface area contributed by atoms with E-state index >= 15 is 0 Å². The van der Waals surface area contributed by atoms with Crippen LogP contribution in [0.1, 0.15) is 33.6 Å². The number of hydrogen-bond acceptors (Lipinski definition) is 5. The predicted molar refractivity (Wildman–Crippen MR) is 103 cm³/mol. The predicted octanol–water partition coefficient (Wildman–Crippen LogP) is 3.55. The summed E-state index contributed by atoms with van der Waals surface area (Å²) in [5.41, 5.74) is 0.578. The van der Waals surface area contributed by atoms with Crippen molar-refractivity contribution in [2.24, 2.45) is 15.9 Å². The highest BCUT2D eigenvalue weighted by Crippen LogP contribution is 2.26. The molecule has 0 radical (unpaired) electrons. The SMILES string of the molecule is CC(C)(C)OC(=O)N1CCN(C2=NC=C(Br)CCC3C=CN=C23)CC1. The zero-order valence-electron chi connectivity index (χ0n) is 15.0. The van der Waals surface area contributed by atoms with E-state index in [9.17, 15) is 4.79 Å². The van der Waals surface area contributed by atoms with Crippen molar-refractivity contribution in [2.75, 3.05) is 26.2 Å². The largest absolute Gasteiger partial charge is 0.444 e. The Kier molecular flexibility index (Phi) is 5.32. The van der Waals surface area contributed by atoms with Gasteiger partial charge in [0.15, 0.2) is 5.84 Å². The van der Waals surface area contributed by atoms with Gasteiger partial charge in [0, 0.05) is 49.0 Å². The van der Waals surface area contributed by atoms with Crippen LogP contribution in [0.2, 0.25) is 0 Å². The number of aliphatic imine (C=N–C) groups is 2. The molecular weight excluding hydrogens is 384 g/mol. The third-order valence-corrected chi connectivity index (χ3v) is 4.97. The summed E-state index contributed by atoms with van der Waals surface area (Å²) >= 11 is 3.58. The molecule has 3 aliphatic heterocycles. The van der Waals surface area contributed by atoms with Gasteiger partial charge in [-0.3, -0.25) is 4.99 Å². The monoisotopic (exact) mass is 408 g/mol. The van der Waals surface area contributed by atoms with Crippen molar-refractivity contribution in [3.05, 3.63) is 23.0 Å². The average molecular weight is 409 g/mol. The van der Waals surface area contributed by atoms with Crippen LogP contribution < -0.4 is 0 Å². The summed E-state index contributed by atoms with van der Waals surface area (Å²) in [6.07, 6.45) is 7.67. The third kappa shape index (κ3) is 4.51. The van der Waals surface area contributed by atoms with Gasteiger partial charge in [0.2, 0.25) is 0 Å². The zero-order valence-corrected chi connectivity index (χ0v) is 16.6. The summed E-state index contributed by atoms with van der Waals surface area (Å²) in [5.74, 6) is 1.25. The third-order valence-electron chi connectivity index (χ3n) is 4.36. The van der Waals surface area contributed by atoms with E-state index in [0.717, 1.165) is 42.0 Å². The van der Waals surface area contributed by atoms with Crippen LogP contribution in [0, 0.1) is 5.92 Å². The molecule has 1 fully saturated rings. The number of nitrogens with zero attached hydrogens (tertiary/aromatic N) is 4. The van der Waals surface area contributed by atoms with Crippen LogP contribution in [0.4, 0.5) is 4.79 Å². The molecule has 1 saturated heterocycles. The van der Waals surface area contributed by atoms with Crippen molar-refractivity contribution in [1.82, 2.24) is 9.80 Å². The summed E-state index contributed by atoms with van der Waals surface area (Å²) in [6, 6.07) is 0. The number of ether oxygens (including phenoxy) is 1. The number of fused-ring (bicyclic) bond motifs is 1. The quantitative estimate of drug-likeness (QED) is 0.615. The lowest BCUT2D eigenvalue weighted by molar-refractivity contribution is 0.0188. The van der Waals surface area contributed by atoms with E-state index in [1.807, 2.05) is 33.2 Å². The molecular formula is C18H25BrN4O2. The first kappa shape index (κ1) is 18.2. The van der Waals surface area contributed by atoms with E-state index < -0.39 is 5.60 Å². The maximum absolute atomic E-state index is 12.2. The summed E-state index contributed by atoms with van der Waals surface area (Å²) < 4.78 is 6.57. The van der Waals surface area contributed by atoms with E-state index in [1.165, 1.54) is 0 Å². The number of allylic oxidation sites excluding steroid dienone is 2. The van der Waals surface area contributed by atoms with E-state index in [-0.39, 0.29) is 6.09 Å². The molecule has 1 atom stereocenters. The standard InChI is InChI=1S/C18H25BrN4O2/c1-18(2,3)25-17(24)23-10-8-22(9-11-23)16-15-13(6-7-20-15)4-5-14(19)12-21-16/h6-7,12-13H,4-5,8-11H2,1-3H3. The second kappa shape index (κ2) is 7.32. The highest BCUT2D eigenvalue weighted by Gasteiger charge is 2.31. The Morgan fingerprint density at radius 3 is 2.64 bits per heavy atom. The van der Waals surface area contributed by atoms with Crippen LogP contribution in [0.3, 0.4) is 0 Å². The Bertz CT molecular complexity index is 652. The number of piperazine rings is 1. The van der Waals surface area contributed by atoms with Gasteiger partial charge < -0.3 is 14.5 Å². The zero-order chi connectivity index (χ0) is 18.0. The Labute approximate surface area is 157 Å². The number of halogens is 1. The van der Waals surface area contributed by atoms with Crippen LogP contribution in [0.25, 0.3) is 0 Å². The summed E-state index contributed by atoms with van der Waals surface area (Å²) in [7, 11) is 0. The molecule has 3 rings (SSSR count). The molecule has 0 N–H and O–H groups in total. The second-order valence-corrected chi connectivity index (χ2v) is 8.50. The first-order valence-corrected chi connectivity index (χ1v) is 9.53. The molecule has 0 bridgehead atoms. The normalized spacial score (nSPS) is 24.0. The Hall–Kier alpha value is -1.63. The summed E-state index contributed by atoms with van der Waals surface area (Å²) in [4.78, 5) is 25.5. The highest BCUT2D eigenvalue weighted by atomic mass is 79.9. The fourth-order valence-electron chi connectivity index (χ4n) is 3.10. The van der Waals surface area contributed by atoms with Gasteiger partial charge in [-0.25, -0.2) is 9.79 Å². The molecule has 0 aromatic carbocycles. The summed E-state index contributed by atoms with van der Waals surface area (Å²) in [6.45, 7) is 8.39. The minimum absolute atomic E-state index is 0.243. The van der Waals surface area contributed by atoms with Gasteiger partial charge in [0.05, 0.1) is 5.71 Å². The molecule has 25 heavy (non-hydrogen) atoms. The lowest BCUT2D eigenvalue weighted by atomic mass is 9.96. The molecule has 136 valence electrons. The lowest BCUT2D eigenvalue weighted by Gasteiger charge is -2.37. The fraction of sp³-hybridized carbons (Fsp3) is 0.611. The highest BCUT2D eigenvalue weighted by molar-refractivity contribution is 9.11. The van der Waals surface area contributed by atoms with Crippen molar-refractivity contribution in [3.63, 3.8) is 0 Å². The molecule has 1 unspecified atom stereocenters. The number of hydrogen-bond donors (Lipinski definition) is 0. The van der Waals surface area contributed by atoms with Gasteiger partial charge in [0.25, 0.3) is 0 Å². The smallest absolute Gasteiger partial charge is 0.410 e. The molecule has 0 aliphatic carbocycles. The van der Waals surface area contributed by atoms with Gasteiger partial charge in [-0.1, -0.05) is 22.0 Å². The molecule has 0 spiro atoms. The Morgan fingerprint density at radius 2 is 1.96 bits per heavy atom.